The summed E-state index contributed by atoms with van der Waals surface area (Å²) >= 11 is 0. The Morgan fingerprint density at radius 3 is 2.56 bits per heavy atom. The third kappa shape index (κ3) is 4.06. The number of ether oxygens (including phenoxy) is 2. The minimum atomic E-state index is -0.768. The second-order valence-electron chi connectivity index (χ2n) is 5.28. The molecule has 0 saturated carbocycles. The van der Waals surface area contributed by atoms with Crippen molar-refractivity contribution in [2.24, 2.45) is 0 Å². The van der Waals surface area contributed by atoms with Crippen LogP contribution in [0.5, 0.6) is 11.5 Å². The number of carbonyl (C=O) groups excluding carboxylic acids is 1. The zero-order chi connectivity index (χ0) is 18.4. The molecule has 25 heavy (non-hydrogen) atoms. The second kappa shape index (κ2) is 8.14. The van der Waals surface area contributed by atoms with Crippen molar-refractivity contribution < 1.29 is 14.3 Å². The molecular formula is C18H21N3O4. The summed E-state index contributed by atoms with van der Waals surface area (Å²) < 4.78 is 11.6. The molecule has 0 spiro atoms. The summed E-state index contributed by atoms with van der Waals surface area (Å²) in [5.41, 5.74) is 0.786. The van der Waals surface area contributed by atoms with Crippen LogP contribution in [0, 0.1) is 0 Å². The number of hydrogen-bond donors (Lipinski definition) is 1. The highest BCUT2D eigenvalue weighted by atomic mass is 16.5. The first-order valence-corrected chi connectivity index (χ1v) is 7.72. The lowest BCUT2D eigenvalue weighted by Gasteiger charge is -2.16. The van der Waals surface area contributed by atoms with Crippen LogP contribution in [0.15, 0.2) is 47.8 Å². The summed E-state index contributed by atoms with van der Waals surface area (Å²) in [6.07, 6.45) is 1.57. The number of carbonyl (C=O) groups is 1. The largest absolute Gasteiger partial charge is 0.497 e. The summed E-state index contributed by atoms with van der Waals surface area (Å²) in [6, 6.07) is 7.74. The molecule has 0 fully saturated rings. The predicted octanol–water partition coefficient (Wildman–Crippen LogP) is 1.79. The fraction of sp³-hybridized carbons (Fsp3) is 0.278. The molecule has 0 aliphatic carbocycles. The van der Waals surface area contributed by atoms with E-state index in [1.807, 2.05) is 0 Å². The van der Waals surface area contributed by atoms with Crippen LogP contribution in [0.1, 0.15) is 13.0 Å². The molecule has 7 heteroatoms. The normalized spacial score (nSPS) is 11.5. The maximum absolute atomic E-state index is 12.3. The summed E-state index contributed by atoms with van der Waals surface area (Å²) in [7, 11) is 3.05. The number of amides is 1. The van der Waals surface area contributed by atoms with Gasteiger partial charge < -0.3 is 14.8 Å². The Morgan fingerprint density at radius 1 is 1.32 bits per heavy atom. The van der Waals surface area contributed by atoms with Gasteiger partial charge in [-0.2, -0.15) is 5.10 Å². The van der Waals surface area contributed by atoms with Gasteiger partial charge >= 0.3 is 0 Å². The fourth-order valence-corrected chi connectivity index (χ4v) is 2.27. The molecule has 2 rings (SSSR count). The molecule has 2 aromatic rings. The Morgan fingerprint density at radius 2 is 2.00 bits per heavy atom. The van der Waals surface area contributed by atoms with Gasteiger partial charge in [-0.25, -0.2) is 4.68 Å². The first-order chi connectivity index (χ1) is 12.0. The third-order valence-electron chi connectivity index (χ3n) is 3.67. The summed E-state index contributed by atoms with van der Waals surface area (Å²) in [6.45, 7) is 5.47. The molecule has 1 aromatic heterocycles. The molecule has 1 N–H and O–H groups in total. The highest BCUT2D eigenvalue weighted by Crippen LogP contribution is 2.28. The van der Waals surface area contributed by atoms with E-state index in [9.17, 15) is 9.59 Å². The maximum Gasteiger partial charge on any atom is 0.271 e. The lowest BCUT2D eigenvalue weighted by Crippen LogP contribution is -2.37. The Balaban J connectivity index is 2.47. The number of hydrogen-bond acceptors (Lipinski definition) is 5. The number of rotatable bonds is 7. The molecule has 0 radical (unpaired) electrons. The van der Waals surface area contributed by atoms with Crippen LogP contribution >= 0.6 is 0 Å². The number of methoxy groups -OCH3 is 2. The molecule has 1 aromatic carbocycles. The van der Waals surface area contributed by atoms with Gasteiger partial charge in [0.15, 0.2) is 5.75 Å². The number of aromatic nitrogens is 2. The van der Waals surface area contributed by atoms with E-state index in [-0.39, 0.29) is 5.91 Å². The predicted molar refractivity (Wildman–Crippen MR) is 95.0 cm³/mol. The van der Waals surface area contributed by atoms with Crippen molar-refractivity contribution in [3.63, 3.8) is 0 Å². The average molecular weight is 343 g/mol. The maximum atomic E-state index is 12.3. The van der Waals surface area contributed by atoms with E-state index in [0.29, 0.717) is 23.7 Å². The van der Waals surface area contributed by atoms with Crippen molar-refractivity contribution in [3.05, 3.63) is 53.3 Å². The SMILES string of the molecule is C=CCNC(=O)C(C)n1nc(-c2ccc(OC)cc2)c(OC)cc1=O. The highest BCUT2D eigenvalue weighted by Gasteiger charge is 2.20. The monoisotopic (exact) mass is 343 g/mol. The van der Waals surface area contributed by atoms with Gasteiger partial charge in [0, 0.05) is 18.2 Å². The molecule has 7 nitrogen and oxygen atoms in total. The quantitative estimate of drug-likeness (QED) is 0.775. The summed E-state index contributed by atoms with van der Waals surface area (Å²) in [5.74, 6) is 0.721. The molecule has 1 atom stereocenters. The Bertz CT molecular complexity index is 812. The van der Waals surface area contributed by atoms with E-state index >= 15 is 0 Å². The smallest absolute Gasteiger partial charge is 0.271 e. The Labute approximate surface area is 145 Å². The van der Waals surface area contributed by atoms with Crippen LogP contribution in [0.4, 0.5) is 0 Å². The summed E-state index contributed by atoms with van der Waals surface area (Å²) in [5, 5.41) is 7.01. The lowest BCUT2D eigenvalue weighted by molar-refractivity contribution is -0.124. The van der Waals surface area contributed by atoms with Crippen molar-refractivity contribution >= 4 is 5.91 Å². The second-order valence-corrected chi connectivity index (χ2v) is 5.28. The number of nitrogens with zero attached hydrogens (tertiary/aromatic N) is 2. The van der Waals surface area contributed by atoms with Gasteiger partial charge in [0.05, 0.1) is 14.2 Å². The van der Waals surface area contributed by atoms with Crippen LogP contribution < -0.4 is 20.3 Å². The molecule has 0 aliphatic heterocycles. The molecule has 1 amide bonds. The van der Waals surface area contributed by atoms with E-state index in [2.05, 4.69) is 17.0 Å². The fourth-order valence-electron chi connectivity index (χ4n) is 2.27. The topological polar surface area (TPSA) is 82.5 Å². The van der Waals surface area contributed by atoms with Gasteiger partial charge in [-0.15, -0.1) is 6.58 Å². The molecule has 1 unspecified atom stereocenters. The van der Waals surface area contributed by atoms with Gasteiger partial charge in [-0.1, -0.05) is 6.08 Å². The minimum absolute atomic E-state index is 0.319. The number of benzene rings is 1. The highest BCUT2D eigenvalue weighted by molar-refractivity contribution is 5.80. The van der Waals surface area contributed by atoms with Crippen molar-refractivity contribution in [1.29, 1.82) is 0 Å². The third-order valence-corrected chi connectivity index (χ3v) is 3.67. The van der Waals surface area contributed by atoms with Crippen molar-refractivity contribution in [2.45, 2.75) is 13.0 Å². The average Bonchev–Trinajstić information content (AvgIpc) is 2.65. The lowest BCUT2D eigenvalue weighted by atomic mass is 10.1. The zero-order valence-electron chi connectivity index (χ0n) is 14.5. The van der Waals surface area contributed by atoms with Crippen molar-refractivity contribution in [3.8, 4) is 22.8 Å². The van der Waals surface area contributed by atoms with Gasteiger partial charge in [0.1, 0.15) is 17.5 Å². The van der Waals surface area contributed by atoms with Crippen molar-refractivity contribution in [1.82, 2.24) is 15.1 Å². The van der Waals surface area contributed by atoms with Crippen molar-refractivity contribution in [2.75, 3.05) is 20.8 Å². The molecule has 132 valence electrons. The van der Waals surface area contributed by atoms with Gasteiger partial charge in [-0.3, -0.25) is 9.59 Å². The molecule has 0 saturated heterocycles. The Hall–Kier alpha value is -3.09. The van der Waals surface area contributed by atoms with Crippen LogP contribution in [-0.4, -0.2) is 36.5 Å². The Kier molecular flexibility index (Phi) is 5.94. The van der Waals surface area contributed by atoms with Crippen LogP contribution in [0.3, 0.4) is 0 Å². The molecule has 1 heterocycles. The first kappa shape index (κ1) is 18.3. The zero-order valence-corrected chi connectivity index (χ0v) is 14.5. The van der Waals surface area contributed by atoms with Gasteiger partial charge in [0.2, 0.25) is 5.91 Å². The van der Waals surface area contributed by atoms with E-state index < -0.39 is 11.6 Å². The van der Waals surface area contributed by atoms with Gasteiger partial charge in [-0.05, 0) is 31.2 Å². The van der Waals surface area contributed by atoms with E-state index in [1.54, 1.807) is 44.4 Å². The van der Waals surface area contributed by atoms with Crippen LogP contribution in [0.25, 0.3) is 11.3 Å². The van der Waals surface area contributed by atoms with Gasteiger partial charge in [0.25, 0.3) is 5.56 Å². The van der Waals surface area contributed by atoms with Crippen LogP contribution in [0.2, 0.25) is 0 Å². The summed E-state index contributed by atoms with van der Waals surface area (Å²) in [4.78, 5) is 24.4. The first-order valence-electron chi connectivity index (χ1n) is 7.72. The molecule has 0 bridgehead atoms. The van der Waals surface area contributed by atoms with Crippen LogP contribution in [-0.2, 0) is 4.79 Å². The molecular weight excluding hydrogens is 322 g/mol. The van der Waals surface area contributed by atoms with E-state index in [1.165, 1.54) is 13.2 Å². The van der Waals surface area contributed by atoms with E-state index in [4.69, 9.17) is 9.47 Å². The standard InChI is InChI=1S/C18H21N3O4/c1-5-10-19-18(23)12(2)21-16(22)11-15(25-4)17(20-21)13-6-8-14(24-3)9-7-13/h5-9,11-12H,1,10H2,2-4H3,(H,19,23). The number of nitrogens with one attached hydrogen (secondary N) is 1. The minimum Gasteiger partial charge on any atom is -0.497 e. The molecule has 0 aliphatic rings. The van der Waals surface area contributed by atoms with E-state index in [0.717, 1.165) is 10.2 Å².